The van der Waals surface area contributed by atoms with E-state index in [4.69, 9.17) is 17.3 Å². The molecule has 0 fully saturated rings. The van der Waals surface area contributed by atoms with Crippen LogP contribution in [0.2, 0.25) is 5.02 Å². The number of carbonyl (C=O) groups is 1. The number of amides is 1. The molecule has 0 unspecified atom stereocenters. The molecule has 23 heavy (non-hydrogen) atoms. The average molecular weight is 330 g/mol. The van der Waals surface area contributed by atoms with E-state index < -0.39 is 0 Å². The highest BCUT2D eigenvalue weighted by molar-refractivity contribution is 6.31. The number of anilines is 1. The molecule has 0 aliphatic carbocycles. The Labute approximate surface area is 141 Å². The molecular weight excluding hydrogens is 310 g/mol. The molecule has 2 aromatic rings. The van der Waals surface area contributed by atoms with Crippen LogP contribution < -0.4 is 11.1 Å². The highest BCUT2D eigenvalue weighted by Gasteiger charge is 2.17. The summed E-state index contributed by atoms with van der Waals surface area (Å²) < 4.78 is 0. The van der Waals surface area contributed by atoms with Gasteiger partial charge in [-0.2, -0.15) is 0 Å². The second-order valence-corrected chi connectivity index (χ2v) is 6.26. The standard InChI is InChI=1S/C18H20ClN3O/c19-17-4-2-1-3-14(17)10-21-16-6-5-13-7-8-22(12-18(20)23)11-15(13)9-16/h1-6,9,21H,7-8,10-12H2,(H2,20,23). The quantitative estimate of drug-likeness (QED) is 0.886. The lowest BCUT2D eigenvalue weighted by Crippen LogP contribution is -2.37. The van der Waals surface area contributed by atoms with Crippen molar-refractivity contribution in [2.75, 3.05) is 18.4 Å². The fourth-order valence-electron chi connectivity index (χ4n) is 2.92. The molecule has 0 aromatic heterocycles. The number of hydrogen-bond donors (Lipinski definition) is 2. The zero-order chi connectivity index (χ0) is 16.2. The van der Waals surface area contributed by atoms with Crippen molar-refractivity contribution < 1.29 is 4.79 Å². The maximum absolute atomic E-state index is 11.1. The van der Waals surface area contributed by atoms with E-state index >= 15 is 0 Å². The Morgan fingerprint density at radius 2 is 2.04 bits per heavy atom. The van der Waals surface area contributed by atoms with Crippen LogP contribution in [0.1, 0.15) is 16.7 Å². The smallest absolute Gasteiger partial charge is 0.231 e. The number of nitrogens with two attached hydrogens (primary N) is 1. The zero-order valence-corrected chi connectivity index (χ0v) is 13.6. The van der Waals surface area contributed by atoms with Crippen LogP contribution >= 0.6 is 11.6 Å². The highest BCUT2D eigenvalue weighted by atomic mass is 35.5. The summed E-state index contributed by atoms with van der Waals surface area (Å²) in [5, 5.41) is 4.18. The van der Waals surface area contributed by atoms with Gasteiger partial charge in [0.15, 0.2) is 0 Å². The summed E-state index contributed by atoms with van der Waals surface area (Å²) in [6.45, 7) is 2.64. The lowest BCUT2D eigenvalue weighted by molar-refractivity contribution is -0.119. The molecule has 1 heterocycles. The molecule has 1 aliphatic rings. The predicted octanol–water partition coefficient (Wildman–Crippen LogP) is 2.80. The Morgan fingerprint density at radius 1 is 1.22 bits per heavy atom. The van der Waals surface area contributed by atoms with E-state index in [0.717, 1.165) is 35.8 Å². The third-order valence-corrected chi connectivity index (χ3v) is 4.49. The SMILES string of the molecule is NC(=O)CN1CCc2ccc(NCc3ccccc3Cl)cc2C1. The molecule has 120 valence electrons. The van der Waals surface area contributed by atoms with E-state index in [1.165, 1.54) is 11.1 Å². The number of rotatable bonds is 5. The number of nitrogens with one attached hydrogen (secondary N) is 1. The summed E-state index contributed by atoms with van der Waals surface area (Å²) in [5.74, 6) is -0.276. The maximum atomic E-state index is 11.1. The first kappa shape index (κ1) is 15.8. The monoisotopic (exact) mass is 329 g/mol. The molecule has 2 aromatic carbocycles. The van der Waals surface area contributed by atoms with Gasteiger partial charge in [-0.05, 0) is 41.3 Å². The summed E-state index contributed by atoms with van der Waals surface area (Å²) in [6, 6.07) is 14.2. The van der Waals surface area contributed by atoms with Gasteiger partial charge in [-0.3, -0.25) is 9.69 Å². The van der Waals surface area contributed by atoms with Crippen LogP contribution in [-0.4, -0.2) is 23.9 Å². The Bertz CT molecular complexity index is 717. The van der Waals surface area contributed by atoms with Crippen LogP contribution in [0.5, 0.6) is 0 Å². The minimum Gasteiger partial charge on any atom is -0.381 e. The number of nitrogens with zero attached hydrogens (tertiary/aromatic N) is 1. The van der Waals surface area contributed by atoms with E-state index in [2.05, 4.69) is 28.4 Å². The van der Waals surface area contributed by atoms with Crippen LogP contribution in [0.4, 0.5) is 5.69 Å². The molecule has 0 saturated carbocycles. The number of primary amides is 1. The number of benzene rings is 2. The van der Waals surface area contributed by atoms with Crippen LogP contribution in [-0.2, 0) is 24.3 Å². The van der Waals surface area contributed by atoms with Crippen molar-refractivity contribution in [1.29, 1.82) is 0 Å². The molecule has 1 amide bonds. The van der Waals surface area contributed by atoms with Gasteiger partial charge >= 0.3 is 0 Å². The molecule has 4 nitrogen and oxygen atoms in total. The van der Waals surface area contributed by atoms with Crippen molar-refractivity contribution in [2.24, 2.45) is 5.73 Å². The Morgan fingerprint density at radius 3 is 2.83 bits per heavy atom. The van der Waals surface area contributed by atoms with Crippen molar-refractivity contribution >= 4 is 23.2 Å². The summed E-state index contributed by atoms with van der Waals surface area (Å²) in [7, 11) is 0. The molecule has 3 N–H and O–H groups in total. The van der Waals surface area contributed by atoms with Crippen molar-refractivity contribution in [3.05, 3.63) is 64.2 Å². The third-order valence-electron chi connectivity index (χ3n) is 4.12. The van der Waals surface area contributed by atoms with Gasteiger partial charge in [0.2, 0.25) is 5.91 Å². The van der Waals surface area contributed by atoms with Crippen LogP contribution in [0.15, 0.2) is 42.5 Å². The van der Waals surface area contributed by atoms with Crippen molar-refractivity contribution in [2.45, 2.75) is 19.5 Å². The van der Waals surface area contributed by atoms with Crippen LogP contribution in [0, 0.1) is 0 Å². The lowest BCUT2D eigenvalue weighted by Gasteiger charge is -2.28. The normalized spacial score (nSPS) is 14.3. The highest BCUT2D eigenvalue weighted by Crippen LogP contribution is 2.23. The van der Waals surface area contributed by atoms with E-state index in [1.807, 2.05) is 24.3 Å². The predicted molar refractivity (Wildman–Crippen MR) is 93.4 cm³/mol. The Hall–Kier alpha value is -2.04. The molecule has 1 aliphatic heterocycles. The van der Waals surface area contributed by atoms with Gasteiger partial charge in [-0.1, -0.05) is 35.9 Å². The zero-order valence-electron chi connectivity index (χ0n) is 12.9. The Balaban J connectivity index is 1.68. The topological polar surface area (TPSA) is 58.4 Å². The number of halogens is 1. The summed E-state index contributed by atoms with van der Waals surface area (Å²) in [4.78, 5) is 13.2. The summed E-state index contributed by atoms with van der Waals surface area (Å²) in [6.07, 6.45) is 0.952. The molecule has 5 heteroatoms. The van der Waals surface area contributed by atoms with Gasteiger partial charge in [-0.15, -0.1) is 0 Å². The molecule has 3 rings (SSSR count). The summed E-state index contributed by atoms with van der Waals surface area (Å²) >= 11 is 6.18. The number of hydrogen-bond acceptors (Lipinski definition) is 3. The second kappa shape index (κ2) is 7.02. The first-order chi connectivity index (χ1) is 11.1. The minimum atomic E-state index is -0.276. The van der Waals surface area contributed by atoms with Crippen molar-refractivity contribution in [3.63, 3.8) is 0 Å². The molecular formula is C18H20ClN3O. The second-order valence-electron chi connectivity index (χ2n) is 5.86. The summed E-state index contributed by atoms with van der Waals surface area (Å²) in [5.41, 5.74) is 10.0. The van der Waals surface area contributed by atoms with E-state index in [-0.39, 0.29) is 5.91 Å². The van der Waals surface area contributed by atoms with Gasteiger partial charge in [-0.25, -0.2) is 0 Å². The van der Waals surface area contributed by atoms with Gasteiger partial charge < -0.3 is 11.1 Å². The number of fused-ring (bicyclic) bond motifs is 1. The van der Waals surface area contributed by atoms with Crippen molar-refractivity contribution in [3.8, 4) is 0 Å². The van der Waals surface area contributed by atoms with Gasteiger partial charge in [0.25, 0.3) is 0 Å². The van der Waals surface area contributed by atoms with Gasteiger partial charge in [0.05, 0.1) is 6.54 Å². The van der Waals surface area contributed by atoms with E-state index in [0.29, 0.717) is 13.1 Å². The minimum absolute atomic E-state index is 0.276. The first-order valence-corrected chi connectivity index (χ1v) is 8.09. The maximum Gasteiger partial charge on any atom is 0.231 e. The lowest BCUT2D eigenvalue weighted by atomic mass is 9.99. The van der Waals surface area contributed by atoms with E-state index in [1.54, 1.807) is 0 Å². The molecule has 0 spiro atoms. The third kappa shape index (κ3) is 4.03. The largest absolute Gasteiger partial charge is 0.381 e. The molecule has 0 atom stereocenters. The molecule has 0 radical (unpaired) electrons. The Kier molecular flexibility index (Phi) is 4.84. The fourth-order valence-corrected chi connectivity index (χ4v) is 3.12. The first-order valence-electron chi connectivity index (χ1n) is 7.71. The van der Waals surface area contributed by atoms with E-state index in [9.17, 15) is 4.79 Å². The van der Waals surface area contributed by atoms with Gasteiger partial charge in [0.1, 0.15) is 0 Å². The number of carbonyl (C=O) groups excluding carboxylic acids is 1. The van der Waals surface area contributed by atoms with Crippen LogP contribution in [0.3, 0.4) is 0 Å². The molecule has 0 bridgehead atoms. The van der Waals surface area contributed by atoms with Crippen molar-refractivity contribution in [1.82, 2.24) is 4.90 Å². The molecule has 0 saturated heterocycles. The fraction of sp³-hybridized carbons (Fsp3) is 0.278. The van der Waals surface area contributed by atoms with Crippen LogP contribution in [0.25, 0.3) is 0 Å². The average Bonchev–Trinajstić information content (AvgIpc) is 2.53. The van der Waals surface area contributed by atoms with Gasteiger partial charge in [0, 0.05) is 30.3 Å².